The van der Waals surface area contributed by atoms with Crippen LogP contribution in [0.15, 0.2) is 48.0 Å². The van der Waals surface area contributed by atoms with Gasteiger partial charge in [0.1, 0.15) is 18.1 Å². The number of hydrogen-bond donors (Lipinski definition) is 9. The monoisotopic (exact) mass is 628 g/mol. The molecule has 1 aromatic carbocycles. The van der Waals surface area contributed by atoms with Crippen molar-refractivity contribution in [1.82, 2.24) is 30.9 Å². The molecular weight excluding hydrogens is 588 g/mol. The maximum absolute atomic E-state index is 13.7. The van der Waals surface area contributed by atoms with E-state index in [1.807, 2.05) is 30.5 Å². The van der Waals surface area contributed by atoms with Crippen LogP contribution in [0, 0.1) is 0 Å². The van der Waals surface area contributed by atoms with Gasteiger partial charge in [0.25, 0.3) is 0 Å². The summed E-state index contributed by atoms with van der Waals surface area (Å²) in [5, 5.41) is 18.5. The van der Waals surface area contributed by atoms with Gasteiger partial charge in [-0.1, -0.05) is 18.2 Å². The molecule has 3 amide bonds. The van der Waals surface area contributed by atoms with Crippen molar-refractivity contribution in [2.24, 2.45) is 22.2 Å². The highest BCUT2D eigenvalue weighted by molar-refractivity contribution is 7.98. The van der Waals surface area contributed by atoms with Crippen LogP contribution < -0.4 is 33.2 Å². The van der Waals surface area contributed by atoms with Crippen molar-refractivity contribution >= 4 is 52.3 Å². The fourth-order valence-electron chi connectivity index (χ4n) is 4.54. The average molecular weight is 629 g/mol. The van der Waals surface area contributed by atoms with Crippen LogP contribution in [0.5, 0.6) is 0 Å². The fraction of sp³-hybridized carbons (Fsp3) is 0.429. The second-order valence-electron chi connectivity index (χ2n) is 10.2. The number of carboxylic acid groups (broad SMARTS) is 1. The van der Waals surface area contributed by atoms with Gasteiger partial charge in [-0.15, -0.1) is 0 Å². The number of amides is 3. The Morgan fingerprint density at radius 3 is 2.36 bits per heavy atom. The first kappa shape index (κ1) is 33.9. The summed E-state index contributed by atoms with van der Waals surface area (Å²) >= 11 is 1.45. The van der Waals surface area contributed by atoms with Crippen molar-refractivity contribution in [3.05, 3.63) is 54.2 Å². The lowest BCUT2D eigenvalue weighted by Crippen LogP contribution is -2.57. The molecular formula is C28H40N10O5S. The molecule has 16 heteroatoms. The third-order valence-electron chi connectivity index (χ3n) is 6.87. The number of imidazole rings is 1. The number of guanidine groups is 1. The first-order valence-corrected chi connectivity index (χ1v) is 15.4. The molecule has 0 saturated carbocycles. The second-order valence-corrected chi connectivity index (χ2v) is 11.2. The van der Waals surface area contributed by atoms with Crippen LogP contribution in [0.3, 0.4) is 0 Å². The molecule has 0 aliphatic carbocycles. The molecule has 0 bridgehead atoms. The standard InChI is InChI=1S/C28H40N10O5S/c1-44-10-8-22(27(42)43)37-26(41)23(11-16-13-34-20-6-3-2-5-18(16)20)38-25(40)21(7-4-9-33-28(30)31)36-24(39)19(29)12-17-14-32-15-35-17/h2-3,5-6,13-15,19,21-23,34H,4,7-12,29H2,1H3,(H,32,35)(H,36,39)(H,37,41)(H,38,40)(H,42,43)(H4,30,31,33). The van der Waals surface area contributed by atoms with E-state index < -0.39 is 47.9 Å². The van der Waals surface area contributed by atoms with Gasteiger partial charge in [-0.3, -0.25) is 19.4 Å². The topological polar surface area (TPSA) is 259 Å². The average Bonchev–Trinajstić information content (AvgIpc) is 3.66. The molecule has 12 N–H and O–H groups in total. The largest absolute Gasteiger partial charge is 0.480 e. The number of nitrogens with two attached hydrogens (primary N) is 3. The van der Waals surface area contributed by atoms with Crippen molar-refractivity contribution in [3.8, 4) is 0 Å². The van der Waals surface area contributed by atoms with Crippen LogP contribution in [-0.4, -0.2) is 92.4 Å². The number of rotatable bonds is 18. The van der Waals surface area contributed by atoms with Crippen LogP contribution in [-0.2, 0) is 32.0 Å². The van der Waals surface area contributed by atoms with Gasteiger partial charge in [-0.05, 0) is 42.9 Å². The zero-order valence-electron chi connectivity index (χ0n) is 24.4. The normalized spacial score (nSPS) is 13.8. The van der Waals surface area contributed by atoms with E-state index in [4.69, 9.17) is 17.2 Å². The highest BCUT2D eigenvalue weighted by Crippen LogP contribution is 2.19. The Balaban J connectivity index is 1.83. The molecule has 0 radical (unpaired) electrons. The number of carbonyl (C=O) groups excluding carboxylic acids is 3. The van der Waals surface area contributed by atoms with E-state index in [0.29, 0.717) is 17.9 Å². The molecule has 3 aromatic rings. The molecule has 15 nitrogen and oxygen atoms in total. The van der Waals surface area contributed by atoms with E-state index in [0.717, 1.165) is 16.5 Å². The number of hydrogen-bond acceptors (Lipinski definition) is 8. The van der Waals surface area contributed by atoms with Gasteiger partial charge >= 0.3 is 5.97 Å². The van der Waals surface area contributed by atoms with Gasteiger partial charge in [0, 0.05) is 48.4 Å². The maximum Gasteiger partial charge on any atom is 0.326 e. The van der Waals surface area contributed by atoms with E-state index in [9.17, 15) is 24.3 Å². The smallest absolute Gasteiger partial charge is 0.326 e. The lowest BCUT2D eigenvalue weighted by Gasteiger charge is -2.25. The number of fused-ring (bicyclic) bond motifs is 1. The Bertz CT molecular complexity index is 1420. The predicted octanol–water partition coefficient (Wildman–Crippen LogP) is -0.651. The van der Waals surface area contributed by atoms with Crippen LogP contribution in [0.1, 0.15) is 30.5 Å². The number of para-hydroxylation sites is 1. The summed E-state index contributed by atoms with van der Waals surface area (Å²) in [4.78, 5) is 65.9. The number of aromatic amines is 2. The first-order chi connectivity index (χ1) is 21.1. The van der Waals surface area contributed by atoms with Crippen LogP contribution in [0.25, 0.3) is 10.9 Å². The van der Waals surface area contributed by atoms with Crippen molar-refractivity contribution in [3.63, 3.8) is 0 Å². The van der Waals surface area contributed by atoms with Crippen molar-refractivity contribution in [2.45, 2.75) is 56.3 Å². The predicted molar refractivity (Wildman–Crippen MR) is 169 cm³/mol. The number of aliphatic imine (C=N–C) groups is 1. The molecule has 4 unspecified atom stereocenters. The number of aromatic nitrogens is 3. The second kappa shape index (κ2) is 16.9. The minimum atomic E-state index is -1.18. The molecule has 0 aliphatic heterocycles. The van der Waals surface area contributed by atoms with Gasteiger partial charge in [0.2, 0.25) is 17.7 Å². The Hall–Kier alpha value is -4.57. The summed E-state index contributed by atoms with van der Waals surface area (Å²) in [6.45, 7) is 0.206. The van der Waals surface area contributed by atoms with Crippen molar-refractivity contribution < 1.29 is 24.3 Å². The summed E-state index contributed by atoms with van der Waals surface area (Å²) < 4.78 is 0. The molecule has 0 aliphatic rings. The zero-order valence-corrected chi connectivity index (χ0v) is 25.2. The van der Waals surface area contributed by atoms with E-state index in [1.165, 1.54) is 18.1 Å². The number of nitrogens with zero attached hydrogens (tertiary/aromatic N) is 2. The van der Waals surface area contributed by atoms with Crippen LogP contribution >= 0.6 is 11.8 Å². The number of H-pyrrole nitrogens is 2. The van der Waals surface area contributed by atoms with Gasteiger partial charge in [0.15, 0.2) is 5.96 Å². The quantitative estimate of drug-likeness (QED) is 0.0488. The minimum absolute atomic E-state index is 0.0600. The van der Waals surface area contributed by atoms with Gasteiger partial charge in [0.05, 0.1) is 12.4 Å². The fourth-order valence-corrected chi connectivity index (χ4v) is 5.02. The lowest BCUT2D eigenvalue weighted by atomic mass is 10.0. The third kappa shape index (κ3) is 10.3. The molecule has 0 spiro atoms. The van der Waals surface area contributed by atoms with E-state index >= 15 is 0 Å². The Morgan fingerprint density at radius 2 is 1.68 bits per heavy atom. The number of carboxylic acids is 1. The molecule has 3 rings (SSSR count). The number of nitrogens with one attached hydrogen (secondary N) is 5. The van der Waals surface area contributed by atoms with Gasteiger partial charge < -0.3 is 48.2 Å². The number of benzene rings is 1. The summed E-state index contributed by atoms with van der Waals surface area (Å²) in [5.74, 6) is -2.67. The van der Waals surface area contributed by atoms with Crippen molar-refractivity contribution in [2.75, 3.05) is 18.6 Å². The summed E-state index contributed by atoms with van der Waals surface area (Å²) in [6, 6.07) is 3.10. The number of thioether (sulfide) groups is 1. The highest BCUT2D eigenvalue weighted by atomic mass is 32.2. The Morgan fingerprint density at radius 1 is 0.977 bits per heavy atom. The Kier molecular flexibility index (Phi) is 13.0. The molecule has 44 heavy (non-hydrogen) atoms. The third-order valence-corrected chi connectivity index (χ3v) is 7.51. The van der Waals surface area contributed by atoms with Gasteiger partial charge in [-0.2, -0.15) is 11.8 Å². The summed E-state index contributed by atoms with van der Waals surface area (Å²) in [6.07, 6.45) is 7.48. The van der Waals surface area contributed by atoms with E-state index in [-0.39, 0.29) is 38.2 Å². The lowest BCUT2D eigenvalue weighted by molar-refractivity contribution is -0.142. The molecule has 238 valence electrons. The molecule has 2 heterocycles. The maximum atomic E-state index is 13.7. The van der Waals surface area contributed by atoms with Gasteiger partial charge in [-0.25, -0.2) is 9.78 Å². The van der Waals surface area contributed by atoms with E-state index in [1.54, 1.807) is 12.4 Å². The number of carbonyl (C=O) groups is 4. The molecule has 2 aromatic heterocycles. The number of aliphatic carboxylic acids is 1. The van der Waals surface area contributed by atoms with Crippen molar-refractivity contribution in [1.29, 1.82) is 0 Å². The summed E-state index contributed by atoms with van der Waals surface area (Å²) in [5.41, 5.74) is 19.1. The minimum Gasteiger partial charge on any atom is -0.480 e. The molecule has 0 saturated heterocycles. The Labute approximate surface area is 258 Å². The zero-order chi connectivity index (χ0) is 32.1. The summed E-state index contributed by atoms with van der Waals surface area (Å²) in [7, 11) is 0. The first-order valence-electron chi connectivity index (χ1n) is 14.0. The van der Waals surface area contributed by atoms with Crippen LogP contribution in [0.4, 0.5) is 0 Å². The molecule has 0 fully saturated rings. The van der Waals surface area contributed by atoms with E-state index in [2.05, 4.69) is 35.9 Å². The van der Waals surface area contributed by atoms with Crippen LogP contribution in [0.2, 0.25) is 0 Å². The SMILES string of the molecule is CSCCC(NC(=O)C(Cc1c[nH]c2ccccc12)NC(=O)C(CCCN=C(N)N)NC(=O)C(N)Cc1cnc[nH]1)C(=O)O. The highest BCUT2D eigenvalue weighted by Gasteiger charge is 2.31. The molecule has 4 atom stereocenters.